The number of rotatable bonds is 5. The largest absolute Gasteiger partial charge is 0.305 e. The second-order valence-corrected chi connectivity index (χ2v) is 6.84. The molecule has 4 heteroatoms. The summed E-state index contributed by atoms with van der Waals surface area (Å²) < 4.78 is 13.9. The number of thiophene rings is 2. The molecule has 108 valence electrons. The third-order valence-electron chi connectivity index (χ3n) is 3.40. The highest BCUT2D eigenvalue weighted by atomic mass is 32.1. The molecule has 3 aromatic rings. The Labute approximate surface area is 132 Å². The Kier molecular flexibility index (Phi) is 4.48. The molecule has 0 aliphatic heterocycles. The molecule has 0 fully saturated rings. The molecule has 0 saturated carbocycles. The van der Waals surface area contributed by atoms with Crippen LogP contribution in [0.1, 0.15) is 23.4 Å². The fourth-order valence-electron chi connectivity index (χ4n) is 2.21. The molecule has 0 aliphatic carbocycles. The monoisotopic (exact) mass is 317 g/mol. The van der Waals surface area contributed by atoms with E-state index >= 15 is 0 Å². The van der Waals surface area contributed by atoms with Crippen molar-refractivity contribution in [2.45, 2.75) is 19.5 Å². The number of benzene rings is 1. The van der Waals surface area contributed by atoms with Crippen molar-refractivity contribution in [2.24, 2.45) is 0 Å². The normalized spacial score (nSPS) is 12.5. The first-order valence-electron chi connectivity index (χ1n) is 6.83. The topological polar surface area (TPSA) is 12.0 Å². The molecule has 3 rings (SSSR count). The second kappa shape index (κ2) is 6.52. The Bertz CT molecular complexity index is 690. The number of hydrogen-bond acceptors (Lipinski definition) is 3. The van der Waals surface area contributed by atoms with E-state index in [0.717, 1.165) is 17.0 Å². The summed E-state index contributed by atoms with van der Waals surface area (Å²) in [5.74, 6) is -0.160. The maximum atomic E-state index is 13.9. The van der Waals surface area contributed by atoms with Crippen molar-refractivity contribution < 1.29 is 4.39 Å². The highest BCUT2D eigenvalue weighted by Crippen LogP contribution is 2.28. The van der Waals surface area contributed by atoms with Crippen molar-refractivity contribution in [1.82, 2.24) is 5.32 Å². The molecule has 0 bridgehead atoms. The lowest BCUT2D eigenvalue weighted by atomic mass is 10.1. The standard InChI is InChI=1S/C17H16FNS2/c1-12(16-4-2-8-20-16)19-11-13-6-7-15(18)14(10-13)17-5-3-9-21-17/h2-10,12,19H,11H2,1H3/t12-/m1/s1. The zero-order valence-electron chi connectivity index (χ0n) is 11.7. The number of hydrogen-bond donors (Lipinski definition) is 1. The van der Waals surface area contributed by atoms with E-state index in [1.165, 1.54) is 4.88 Å². The van der Waals surface area contributed by atoms with Gasteiger partial charge in [0, 0.05) is 27.9 Å². The van der Waals surface area contributed by atoms with E-state index in [0.29, 0.717) is 11.6 Å². The summed E-state index contributed by atoms with van der Waals surface area (Å²) in [6.45, 7) is 2.88. The van der Waals surface area contributed by atoms with Crippen LogP contribution in [0.25, 0.3) is 10.4 Å². The van der Waals surface area contributed by atoms with Gasteiger partial charge in [0.05, 0.1) is 0 Å². The van der Waals surface area contributed by atoms with Gasteiger partial charge in [-0.25, -0.2) is 4.39 Å². The molecular weight excluding hydrogens is 301 g/mol. The summed E-state index contributed by atoms with van der Waals surface area (Å²) in [4.78, 5) is 2.29. The molecular formula is C17H16FNS2. The molecule has 21 heavy (non-hydrogen) atoms. The van der Waals surface area contributed by atoms with Crippen LogP contribution in [0.3, 0.4) is 0 Å². The van der Waals surface area contributed by atoms with Crippen molar-refractivity contribution >= 4 is 22.7 Å². The fraction of sp³-hybridized carbons (Fsp3) is 0.176. The minimum Gasteiger partial charge on any atom is -0.305 e. The van der Waals surface area contributed by atoms with Crippen LogP contribution in [0.2, 0.25) is 0 Å². The maximum Gasteiger partial charge on any atom is 0.131 e. The second-order valence-electron chi connectivity index (χ2n) is 4.91. The summed E-state index contributed by atoms with van der Waals surface area (Å²) in [6.07, 6.45) is 0. The van der Waals surface area contributed by atoms with Crippen LogP contribution < -0.4 is 5.32 Å². The summed E-state index contributed by atoms with van der Waals surface area (Å²) in [7, 11) is 0. The maximum absolute atomic E-state index is 13.9. The SMILES string of the molecule is C[C@@H](NCc1ccc(F)c(-c2cccs2)c1)c1cccs1. The van der Waals surface area contributed by atoms with Gasteiger partial charge in [-0.2, -0.15) is 0 Å². The zero-order valence-corrected chi connectivity index (χ0v) is 13.3. The molecule has 0 amide bonds. The van der Waals surface area contributed by atoms with Crippen LogP contribution >= 0.6 is 22.7 Å². The van der Waals surface area contributed by atoms with Crippen LogP contribution in [-0.4, -0.2) is 0 Å². The van der Waals surface area contributed by atoms with Gasteiger partial charge >= 0.3 is 0 Å². The summed E-state index contributed by atoms with van der Waals surface area (Å²) >= 11 is 3.31. The Morgan fingerprint density at radius 1 is 1.10 bits per heavy atom. The minimum absolute atomic E-state index is 0.160. The van der Waals surface area contributed by atoms with Crippen LogP contribution in [0.15, 0.2) is 53.2 Å². The molecule has 0 saturated heterocycles. The van der Waals surface area contributed by atoms with Gasteiger partial charge in [0.2, 0.25) is 0 Å². The lowest BCUT2D eigenvalue weighted by molar-refractivity contribution is 0.581. The minimum atomic E-state index is -0.160. The first kappa shape index (κ1) is 14.4. The predicted molar refractivity (Wildman–Crippen MR) is 89.3 cm³/mol. The average molecular weight is 317 g/mol. The molecule has 1 nitrogen and oxygen atoms in total. The van der Waals surface area contributed by atoms with Gasteiger partial charge in [0.25, 0.3) is 0 Å². The van der Waals surface area contributed by atoms with Crippen molar-refractivity contribution in [3.63, 3.8) is 0 Å². The molecule has 1 atom stereocenters. The van der Waals surface area contributed by atoms with E-state index in [9.17, 15) is 4.39 Å². The quantitative estimate of drug-likeness (QED) is 0.658. The van der Waals surface area contributed by atoms with Crippen LogP contribution in [0.4, 0.5) is 4.39 Å². The van der Waals surface area contributed by atoms with Gasteiger partial charge < -0.3 is 5.32 Å². The summed E-state index contributed by atoms with van der Waals surface area (Å²) in [6, 6.07) is 13.7. The molecule has 0 spiro atoms. The van der Waals surface area contributed by atoms with Crippen molar-refractivity contribution in [3.05, 3.63) is 69.5 Å². The van der Waals surface area contributed by atoms with Crippen LogP contribution in [0, 0.1) is 5.82 Å². The first-order chi connectivity index (χ1) is 10.2. The Balaban J connectivity index is 1.73. The highest BCUT2D eigenvalue weighted by molar-refractivity contribution is 7.13. The van der Waals surface area contributed by atoms with Gasteiger partial charge in [-0.05, 0) is 47.5 Å². The molecule has 1 aromatic carbocycles. The smallest absolute Gasteiger partial charge is 0.131 e. The predicted octanol–water partition coefficient (Wildman–Crippen LogP) is 5.47. The van der Waals surface area contributed by atoms with Gasteiger partial charge in [-0.3, -0.25) is 0 Å². The Morgan fingerprint density at radius 2 is 1.90 bits per heavy atom. The molecule has 0 radical (unpaired) electrons. The van der Waals surface area contributed by atoms with E-state index in [1.807, 2.05) is 29.6 Å². The first-order valence-corrected chi connectivity index (χ1v) is 8.59. The van der Waals surface area contributed by atoms with E-state index < -0.39 is 0 Å². The van der Waals surface area contributed by atoms with Crippen LogP contribution in [-0.2, 0) is 6.54 Å². The molecule has 2 heterocycles. The van der Waals surface area contributed by atoms with Gasteiger partial charge in [0.1, 0.15) is 5.82 Å². The molecule has 1 N–H and O–H groups in total. The number of nitrogens with one attached hydrogen (secondary N) is 1. The molecule has 0 unspecified atom stereocenters. The van der Waals surface area contributed by atoms with Gasteiger partial charge in [-0.1, -0.05) is 18.2 Å². The third-order valence-corrected chi connectivity index (χ3v) is 5.36. The third kappa shape index (κ3) is 3.40. The lowest BCUT2D eigenvalue weighted by Crippen LogP contribution is -2.17. The van der Waals surface area contributed by atoms with Crippen molar-refractivity contribution in [2.75, 3.05) is 0 Å². The molecule has 2 aromatic heterocycles. The van der Waals surface area contributed by atoms with E-state index in [2.05, 4.69) is 29.8 Å². The lowest BCUT2D eigenvalue weighted by Gasteiger charge is -2.13. The number of halogens is 1. The zero-order chi connectivity index (χ0) is 14.7. The van der Waals surface area contributed by atoms with Crippen molar-refractivity contribution in [3.8, 4) is 10.4 Å². The Hall–Kier alpha value is -1.49. The highest BCUT2D eigenvalue weighted by Gasteiger charge is 2.09. The van der Waals surface area contributed by atoms with E-state index in [-0.39, 0.29) is 5.82 Å². The van der Waals surface area contributed by atoms with E-state index in [1.54, 1.807) is 28.7 Å². The van der Waals surface area contributed by atoms with Crippen molar-refractivity contribution in [1.29, 1.82) is 0 Å². The van der Waals surface area contributed by atoms with E-state index in [4.69, 9.17) is 0 Å². The fourth-order valence-corrected chi connectivity index (χ4v) is 3.72. The van der Waals surface area contributed by atoms with Crippen LogP contribution in [0.5, 0.6) is 0 Å². The Morgan fingerprint density at radius 3 is 2.62 bits per heavy atom. The molecule has 0 aliphatic rings. The summed E-state index contributed by atoms with van der Waals surface area (Å²) in [5, 5.41) is 7.54. The summed E-state index contributed by atoms with van der Waals surface area (Å²) in [5.41, 5.74) is 1.79. The average Bonchev–Trinajstić information content (AvgIpc) is 3.19. The van der Waals surface area contributed by atoms with Gasteiger partial charge in [-0.15, -0.1) is 22.7 Å². The van der Waals surface area contributed by atoms with Gasteiger partial charge in [0.15, 0.2) is 0 Å².